The van der Waals surface area contributed by atoms with E-state index in [1.165, 1.54) is 9.13 Å². The molecule has 0 saturated carbocycles. The van der Waals surface area contributed by atoms with Gasteiger partial charge in [-0.1, -0.05) is 24.3 Å². The average molecular weight is 449 g/mol. The van der Waals surface area contributed by atoms with Crippen molar-refractivity contribution in [3.8, 4) is 0 Å². The minimum absolute atomic E-state index is 0.0901. The topological polar surface area (TPSA) is 77.2 Å². The van der Waals surface area contributed by atoms with Crippen LogP contribution in [-0.2, 0) is 17.9 Å². The molecule has 164 valence electrons. The molecule has 1 aliphatic heterocycles. The van der Waals surface area contributed by atoms with Crippen LogP contribution in [0.4, 0.5) is 0 Å². The maximum absolute atomic E-state index is 13.5. The van der Waals surface area contributed by atoms with Crippen LogP contribution in [-0.4, -0.2) is 31.5 Å². The van der Waals surface area contributed by atoms with E-state index in [2.05, 4.69) is 0 Å². The summed E-state index contributed by atoms with van der Waals surface area (Å²) < 4.78 is 3.74. The zero-order valence-electron chi connectivity index (χ0n) is 17.9. The largest absolute Gasteiger partial charge is 0.332 e. The monoisotopic (exact) mass is 448 g/mol. The lowest BCUT2D eigenvalue weighted by Gasteiger charge is -2.34. The number of piperidine rings is 1. The minimum atomic E-state index is -0.446. The van der Waals surface area contributed by atoms with Gasteiger partial charge in [-0.2, -0.15) is 0 Å². The average Bonchev–Trinajstić information content (AvgIpc) is 3.26. The Morgan fingerprint density at radius 3 is 2.66 bits per heavy atom. The summed E-state index contributed by atoms with van der Waals surface area (Å²) in [5, 5.41) is 1.39. The van der Waals surface area contributed by atoms with Crippen LogP contribution in [0.25, 0.3) is 21.1 Å². The Labute approximate surface area is 188 Å². The number of nitrogens with zero attached hydrogens (tertiary/aromatic N) is 4. The lowest BCUT2D eigenvalue weighted by molar-refractivity contribution is -0.135. The first kappa shape index (κ1) is 20.6. The number of hydrogen-bond donors (Lipinski definition) is 0. The number of carbonyl (C=O) groups excluding carboxylic acids is 1. The van der Waals surface area contributed by atoms with Crippen LogP contribution < -0.4 is 11.2 Å². The van der Waals surface area contributed by atoms with Gasteiger partial charge < -0.3 is 4.90 Å². The van der Waals surface area contributed by atoms with Gasteiger partial charge in [0.2, 0.25) is 5.91 Å². The van der Waals surface area contributed by atoms with E-state index in [4.69, 9.17) is 4.98 Å². The summed E-state index contributed by atoms with van der Waals surface area (Å²) in [4.78, 5) is 45.9. The number of fused-ring (bicyclic) bond motifs is 2. The van der Waals surface area contributed by atoms with Crippen LogP contribution in [0.1, 0.15) is 37.2 Å². The van der Waals surface area contributed by atoms with E-state index in [1.54, 1.807) is 42.5 Å². The third-order valence-corrected chi connectivity index (χ3v) is 7.30. The second-order valence-electron chi connectivity index (χ2n) is 8.05. The van der Waals surface area contributed by atoms with E-state index in [1.807, 2.05) is 29.2 Å². The van der Waals surface area contributed by atoms with Crippen LogP contribution in [0.5, 0.6) is 0 Å². The molecule has 1 aliphatic rings. The molecule has 0 radical (unpaired) electrons. The summed E-state index contributed by atoms with van der Waals surface area (Å²) in [6, 6.07) is 14.9. The number of benzene rings is 2. The molecule has 3 heterocycles. The SMILES string of the molecule is CCn1c(=O)c2ccccc2n(CC(=O)N2CCCCC2c2nc3ccccc3s2)c1=O. The van der Waals surface area contributed by atoms with Gasteiger partial charge in [-0.25, -0.2) is 9.78 Å². The standard InChI is InChI=1S/C24H24N4O3S/c1-2-26-23(30)16-9-3-5-11-18(16)28(24(26)31)15-21(29)27-14-8-7-12-19(27)22-25-17-10-4-6-13-20(17)32-22/h3-6,9-11,13,19H,2,7-8,12,14-15H2,1H3. The quantitative estimate of drug-likeness (QED) is 0.478. The summed E-state index contributed by atoms with van der Waals surface area (Å²) in [6.45, 7) is 2.56. The first-order valence-electron chi connectivity index (χ1n) is 11.0. The molecule has 32 heavy (non-hydrogen) atoms. The van der Waals surface area contributed by atoms with E-state index in [9.17, 15) is 14.4 Å². The van der Waals surface area contributed by atoms with Crippen LogP contribution in [0, 0.1) is 0 Å². The van der Waals surface area contributed by atoms with Gasteiger partial charge in [0.25, 0.3) is 5.56 Å². The Bertz CT molecular complexity index is 1400. The second-order valence-corrected chi connectivity index (χ2v) is 9.12. The number of amides is 1. The van der Waals surface area contributed by atoms with Crippen LogP contribution in [0.15, 0.2) is 58.1 Å². The Balaban J connectivity index is 1.53. The highest BCUT2D eigenvalue weighted by Gasteiger charge is 2.31. The summed E-state index contributed by atoms with van der Waals surface area (Å²) >= 11 is 1.63. The lowest BCUT2D eigenvalue weighted by Crippen LogP contribution is -2.45. The fraction of sp³-hybridized carbons (Fsp3) is 0.333. The zero-order chi connectivity index (χ0) is 22.2. The van der Waals surface area contributed by atoms with Gasteiger partial charge in [-0.05, 0) is 50.5 Å². The molecule has 4 aromatic rings. The molecule has 0 N–H and O–H groups in total. The summed E-state index contributed by atoms with van der Waals surface area (Å²) in [7, 11) is 0. The molecule has 0 spiro atoms. The van der Waals surface area contributed by atoms with Gasteiger partial charge in [0.05, 0.1) is 27.2 Å². The number of thiazole rings is 1. The molecule has 2 aromatic heterocycles. The van der Waals surface area contributed by atoms with Crippen molar-refractivity contribution in [2.75, 3.05) is 6.54 Å². The van der Waals surface area contributed by atoms with Crippen molar-refractivity contribution in [3.63, 3.8) is 0 Å². The number of hydrogen-bond acceptors (Lipinski definition) is 5. The fourth-order valence-corrected chi connectivity index (χ4v) is 5.66. The van der Waals surface area contributed by atoms with Gasteiger partial charge in [-0.3, -0.25) is 18.7 Å². The third kappa shape index (κ3) is 3.44. The molecule has 2 aromatic carbocycles. The van der Waals surface area contributed by atoms with Crippen molar-refractivity contribution >= 4 is 38.4 Å². The van der Waals surface area contributed by atoms with E-state index in [-0.39, 0.29) is 30.6 Å². The molecule has 5 rings (SSSR count). The number of rotatable bonds is 4. The molecule has 1 saturated heterocycles. The molecule has 1 unspecified atom stereocenters. The van der Waals surface area contributed by atoms with Crippen molar-refractivity contribution in [2.24, 2.45) is 0 Å². The molecule has 7 nitrogen and oxygen atoms in total. The normalized spacial score (nSPS) is 16.7. The highest BCUT2D eigenvalue weighted by molar-refractivity contribution is 7.18. The first-order valence-corrected chi connectivity index (χ1v) is 11.8. The third-order valence-electron chi connectivity index (χ3n) is 6.16. The highest BCUT2D eigenvalue weighted by Crippen LogP contribution is 2.35. The number of para-hydroxylation sites is 2. The smallest absolute Gasteiger partial charge is 0.331 e. The molecule has 0 aliphatic carbocycles. The van der Waals surface area contributed by atoms with Crippen molar-refractivity contribution in [1.82, 2.24) is 19.0 Å². The predicted molar refractivity (Wildman–Crippen MR) is 126 cm³/mol. The predicted octanol–water partition coefficient (Wildman–Crippen LogP) is 3.55. The second kappa shape index (κ2) is 8.35. The maximum atomic E-state index is 13.5. The molecular weight excluding hydrogens is 424 g/mol. The molecule has 1 amide bonds. The molecule has 1 atom stereocenters. The Morgan fingerprint density at radius 1 is 1.06 bits per heavy atom. The number of likely N-dealkylation sites (tertiary alicyclic amines) is 1. The van der Waals surface area contributed by atoms with Crippen LogP contribution in [0.3, 0.4) is 0 Å². The molecular formula is C24H24N4O3S. The van der Waals surface area contributed by atoms with E-state index in [0.717, 1.165) is 34.5 Å². The van der Waals surface area contributed by atoms with E-state index >= 15 is 0 Å². The Kier molecular flexibility index (Phi) is 5.38. The van der Waals surface area contributed by atoms with Crippen LogP contribution >= 0.6 is 11.3 Å². The number of carbonyl (C=O) groups is 1. The van der Waals surface area contributed by atoms with Crippen molar-refractivity contribution < 1.29 is 4.79 Å². The minimum Gasteiger partial charge on any atom is -0.332 e. The summed E-state index contributed by atoms with van der Waals surface area (Å²) in [6.07, 6.45) is 2.82. The van der Waals surface area contributed by atoms with Gasteiger partial charge in [-0.15, -0.1) is 11.3 Å². The van der Waals surface area contributed by atoms with Crippen LogP contribution in [0.2, 0.25) is 0 Å². The Hall–Kier alpha value is -3.26. The van der Waals surface area contributed by atoms with E-state index in [0.29, 0.717) is 17.4 Å². The molecule has 8 heteroatoms. The van der Waals surface area contributed by atoms with Gasteiger partial charge in [0, 0.05) is 13.1 Å². The summed E-state index contributed by atoms with van der Waals surface area (Å²) in [5.74, 6) is -0.123. The molecule has 1 fully saturated rings. The van der Waals surface area contributed by atoms with Crippen molar-refractivity contribution in [3.05, 3.63) is 74.4 Å². The van der Waals surface area contributed by atoms with Crippen molar-refractivity contribution in [2.45, 2.75) is 45.3 Å². The summed E-state index contributed by atoms with van der Waals surface area (Å²) in [5.41, 5.74) is 0.678. The Morgan fingerprint density at radius 2 is 1.84 bits per heavy atom. The fourth-order valence-electron chi connectivity index (χ4n) is 4.55. The zero-order valence-corrected chi connectivity index (χ0v) is 18.7. The molecule has 0 bridgehead atoms. The first-order chi connectivity index (χ1) is 15.6. The lowest BCUT2D eigenvalue weighted by atomic mass is 10.0. The van der Waals surface area contributed by atoms with Gasteiger partial charge >= 0.3 is 5.69 Å². The van der Waals surface area contributed by atoms with E-state index < -0.39 is 5.69 Å². The van der Waals surface area contributed by atoms with Gasteiger partial charge in [0.15, 0.2) is 0 Å². The number of aromatic nitrogens is 3. The highest BCUT2D eigenvalue weighted by atomic mass is 32.1. The maximum Gasteiger partial charge on any atom is 0.331 e. The van der Waals surface area contributed by atoms with Gasteiger partial charge in [0.1, 0.15) is 11.6 Å². The van der Waals surface area contributed by atoms with Crippen molar-refractivity contribution in [1.29, 1.82) is 0 Å².